The zero-order valence-corrected chi connectivity index (χ0v) is 19.7. The third-order valence-corrected chi connectivity index (χ3v) is 7.31. The van der Waals surface area contributed by atoms with Crippen LogP contribution in [0, 0.1) is 18.7 Å². The van der Waals surface area contributed by atoms with Crippen LogP contribution in [0.4, 0.5) is 17.6 Å². The zero-order valence-electron chi connectivity index (χ0n) is 18.9. The van der Waals surface area contributed by atoms with Crippen molar-refractivity contribution in [2.45, 2.75) is 51.7 Å². The Hall–Kier alpha value is -2.81. The third-order valence-electron chi connectivity index (χ3n) is 6.29. The summed E-state index contributed by atoms with van der Waals surface area (Å²) in [4.78, 5) is 24.6. The summed E-state index contributed by atoms with van der Waals surface area (Å²) in [5.74, 6) is -0.474. The Bertz CT molecular complexity index is 1160. The van der Waals surface area contributed by atoms with Gasteiger partial charge in [0, 0.05) is 18.8 Å². The molecule has 1 saturated heterocycles. The molecule has 1 aromatic carbocycles. The molecule has 2 atom stereocenters. The molecule has 2 aromatic heterocycles. The van der Waals surface area contributed by atoms with Gasteiger partial charge in [-0.05, 0) is 68.4 Å². The average Bonchev–Trinajstić information content (AvgIpc) is 3.19. The molecule has 1 aliphatic heterocycles. The molecule has 9 heteroatoms. The smallest absolute Gasteiger partial charge is 0.334 e. The lowest BCUT2D eigenvalue weighted by Crippen LogP contribution is -2.48. The molecule has 3 heterocycles. The summed E-state index contributed by atoms with van der Waals surface area (Å²) < 4.78 is 53.7. The number of likely N-dealkylation sites (tertiary alicyclic amines) is 1. The van der Waals surface area contributed by atoms with Gasteiger partial charge in [-0.25, -0.2) is 9.37 Å². The van der Waals surface area contributed by atoms with E-state index in [4.69, 9.17) is 0 Å². The van der Waals surface area contributed by atoms with Crippen LogP contribution >= 0.6 is 11.3 Å². The molecule has 34 heavy (non-hydrogen) atoms. The van der Waals surface area contributed by atoms with Gasteiger partial charge in [0.2, 0.25) is 0 Å². The van der Waals surface area contributed by atoms with E-state index in [2.05, 4.69) is 9.97 Å². The van der Waals surface area contributed by atoms with E-state index in [0.29, 0.717) is 34.1 Å². The first kappa shape index (κ1) is 24.3. The van der Waals surface area contributed by atoms with E-state index in [1.54, 1.807) is 17.0 Å². The number of hydrogen-bond donors (Lipinski definition) is 0. The van der Waals surface area contributed by atoms with Crippen LogP contribution in [0.1, 0.15) is 52.9 Å². The standard InChI is InChI=1S/C25H25F4N3OS/c1-15-5-4-14-32(21(15)12-11-20-19(25(27,28)29)6-3-13-30-20)24(33)22-23(34-16(2)31-22)17-7-9-18(26)10-8-17/h3,6-10,13,15,21H,4-5,11-12,14H2,1-2H3/t15-,21-/m1/s1. The lowest BCUT2D eigenvalue weighted by Gasteiger charge is -2.40. The average molecular weight is 492 g/mol. The van der Waals surface area contributed by atoms with Gasteiger partial charge in [-0.2, -0.15) is 13.2 Å². The van der Waals surface area contributed by atoms with Crippen LogP contribution in [-0.2, 0) is 12.6 Å². The number of nitrogens with zero attached hydrogens (tertiary/aromatic N) is 3. The summed E-state index contributed by atoms with van der Waals surface area (Å²) >= 11 is 1.37. The Kier molecular flexibility index (Phi) is 7.02. The number of carbonyl (C=O) groups excluding carboxylic acids is 1. The highest BCUT2D eigenvalue weighted by molar-refractivity contribution is 7.15. The Morgan fingerprint density at radius 3 is 2.65 bits per heavy atom. The molecule has 0 aliphatic carbocycles. The third kappa shape index (κ3) is 5.14. The van der Waals surface area contributed by atoms with Crippen LogP contribution in [0.15, 0.2) is 42.6 Å². The van der Waals surface area contributed by atoms with Gasteiger partial charge in [0.1, 0.15) is 11.5 Å². The molecule has 4 nitrogen and oxygen atoms in total. The Morgan fingerprint density at radius 2 is 1.94 bits per heavy atom. The lowest BCUT2D eigenvalue weighted by atomic mass is 9.86. The van der Waals surface area contributed by atoms with Crippen molar-refractivity contribution >= 4 is 17.2 Å². The lowest BCUT2D eigenvalue weighted by molar-refractivity contribution is -0.138. The second kappa shape index (κ2) is 9.82. The summed E-state index contributed by atoms with van der Waals surface area (Å²) in [6.07, 6.45) is -0.902. The van der Waals surface area contributed by atoms with Gasteiger partial charge >= 0.3 is 6.18 Å². The SMILES string of the molecule is Cc1nc(C(=O)N2CCC[C@@H](C)[C@H]2CCc2ncccc2C(F)(F)F)c(-c2ccc(F)cc2)s1. The number of halogens is 4. The monoisotopic (exact) mass is 491 g/mol. The first-order chi connectivity index (χ1) is 16.1. The maximum absolute atomic E-state index is 13.7. The Balaban J connectivity index is 1.60. The molecule has 3 aromatic rings. The predicted molar refractivity (Wildman–Crippen MR) is 123 cm³/mol. The molecular formula is C25H25F4N3OS. The number of amides is 1. The molecule has 0 bridgehead atoms. The molecule has 0 spiro atoms. The van der Waals surface area contributed by atoms with Crippen molar-refractivity contribution in [1.29, 1.82) is 0 Å². The predicted octanol–water partition coefficient (Wildman–Crippen LogP) is 6.54. The van der Waals surface area contributed by atoms with Crippen LogP contribution in [0.25, 0.3) is 10.4 Å². The summed E-state index contributed by atoms with van der Waals surface area (Å²) in [5.41, 5.74) is 0.282. The van der Waals surface area contributed by atoms with E-state index in [1.807, 2.05) is 13.8 Å². The van der Waals surface area contributed by atoms with Crippen molar-refractivity contribution in [3.63, 3.8) is 0 Å². The number of hydrogen-bond acceptors (Lipinski definition) is 4. The number of alkyl halides is 3. The van der Waals surface area contributed by atoms with E-state index in [0.717, 1.165) is 18.9 Å². The van der Waals surface area contributed by atoms with Gasteiger partial charge in [-0.1, -0.05) is 19.1 Å². The number of thiazole rings is 1. The fourth-order valence-corrected chi connectivity index (χ4v) is 5.54. The second-order valence-electron chi connectivity index (χ2n) is 8.64. The van der Waals surface area contributed by atoms with Gasteiger partial charge in [0.25, 0.3) is 5.91 Å². The molecule has 4 rings (SSSR count). The minimum absolute atomic E-state index is 0.00308. The normalized spacial score (nSPS) is 18.8. The maximum atomic E-state index is 13.7. The van der Waals surface area contributed by atoms with Gasteiger partial charge in [-0.3, -0.25) is 9.78 Å². The van der Waals surface area contributed by atoms with Crippen molar-refractivity contribution in [3.05, 3.63) is 70.4 Å². The number of rotatable bonds is 5. The van der Waals surface area contributed by atoms with Crippen LogP contribution in [0.5, 0.6) is 0 Å². The minimum Gasteiger partial charge on any atom is -0.334 e. The topological polar surface area (TPSA) is 46.1 Å². The number of pyridine rings is 1. The van der Waals surface area contributed by atoms with E-state index in [-0.39, 0.29) is 35.8 Å². The van der Waals surface area contributed by atoms with Crippen LogP contribution in [0.3, 0.4) is 0 Å². The van der Waals surface area contributed by atoms with Crippen molar-refractivity contribution in [3.8, 4) is 10.4 Å². The van der Waals surface area contributed by atoms with Crippen LogP contribution in [0.2, 0.25) is 0 Å². The van der Waals surface area contributed by atoms with E-state index in [9.17, 15) is 22.4 Å². The van der Waals surface area contributed by atoms with Crippen molar-refractivity contribution in [1.82, 2.24) is 14.9 Å². The van der Waals surface area contributed by atoms with E-state index >= 15 is 0 Å². The molecule has 0 radical (unpaired) electrons. The molecule has 0 unspecified atom stereocenters. The minimum atomic E-state index is -4.47. The number of carbonyl (C=O) groups is 1. The number of benzene rings is 1. The molecule has 0 N–H and O–H groups in total. The van der Waals surface area contributed by atoms with Crippen LogP contribution < -0.4 is 0 Å². The van der Waals surface area contributed by atoms with Gasteiger partial charge in [0.05, 0.1) is 21.1 Å². The fourth-order valence-electron chi connectivity index (χ4n) is 4.63. The highest BCUT2D eigenvalue weighted by atomic mass is 32.1. The molecule has 0 saturated carbocycles. The second-order valence-corrected chi connectivity index (χ2v) is 9.84. The maximum Gasteiger partial charge on any atom is 0.418 e. The van der Waals surface area contributed by atoms with Gasteiger partial charge < -0.3 is 4.90 Å². The number of aromatic nitrogens is 2. The largest absolute Gasteiger partial charge is 0.418 e. The molecule has 180 valence electrons. The quantitative estimate of drug-likeness (QED) is 0.381. The van der Waals surface area contributed by atoms with Crippen molar-refractivity contribution in [2.24, 2.45) is 5.92 Å². The summed E-state index contributed by atoms with van der Waals surface area (Å²) in [6, 6.07) is 8.03. The van der Waals surface area contributed by atoms with Gasteiger partial charge in [0.15, 0.2) is 0 Å². The first-order valence-corrected chi connectivity index (χ1v) is 12.0. The fraction of sp³-hybridized carbons (Fsp3) is 0.400. The number of piperidine rings is 1. The van der Waals surface area contributed by atoms with E-state index < -0.39 is 11.7 Å². The van der Waals surface area contributed by atoms with Crippen molar-refractivity contribution in [2.75, 3.05) is 6.54 Å². The van der Waals surface area contributed by atoms with E-state index in [1.165, 1.54) is 35.7 Å². The highest BCUT2D eigenvalue weighted by Crippen LogP contribution is 2.35. The van der Waals surface area contributed by atoms with Crippen molar-refractivity contribution < 1.29 is 22.4 Å². The molecular weight excluding hydrogens is 466 g/mol. The Morgan fingerprint density at radius 1 is 1.21 bits per heavy atom. The molecule has 1 aliphatic rings. The summed E-state index contributed by atoms with van der Waals surface area (Å²) in [6.45, 7) is 4.35. The molecule has 1 amide bonds. The van der Waals surface area contributed by atoms with Crippen LogP contribution in [-0.4, -0.2) is 33.4 Å². The molecule has 1 fully saturated rings. The highest BCUT2D eigenvalue weighted by Gasteiger charge is 2.37. The Labute approximate surface area is 199 Å². The first-order valence-electron chi connectivity index (χ1n) is 11.2. The number of aryl methyl sites for hydroxylation is 2. The summed E-state index contributed by atoms with van der Waals surface area (Å²) in [5, 5.41) is 0.715. The zero-order chi connectivity index (χ0) is 24.5. The summed E-state index contributed by atoms with van der Waals surface area (Å²) in [7, 11) is 0. The van der Waals surface area contributed by atoms with Gasteiger partial charge in [-0.15, -0.1) is 11.3 Å².